The summed E-state index contributed by atoms with van der Waals surface area (Å²) in [7, 11) is 2.22. The Kier molecular flexibility index (Phi) is 4.95. The summed E-state index contributed by atoms with van der Waals surface area (Å²) >= 11 is 1.82. The summed E-state index contributed by atoms with van der Waals surface area (Å²) < 4.78 is 7.55. The maximum Gasteiger partial charge on any atom is 0.186 e. The molecule has 146 valence electrons. The molecule has 1 unspecified atom stereocenters. The van der Waals surface area contributed by atoms with E-state index < -0.39 is 0 Å². The molecule has 0 saturated carbocycles. The minimum Gasteiger partial charge on any atom is -0.475 e. The minimum absolute atomic E-state index is 0.206. The molecule has 0 spiro atoms. The first-order valence-corrected chi connectivity index (χ1v) is 11.1. The van der Waals surface area contributed by atoms with Gasteiger partial charge in [-0.3, -0.25) is 4.90 Å². The van der Waals surface area contributed by atoms with Gasteiger partial charge in [0.05, 0.1) is 10.2 Å². The van der Waals surface area contributed by atoms with Crippen molar-refractivity contribution < 1.29 is 4.74 Å². The summed E-state index contributed by atoms with van der Waals surface area (Å²) in [4.78, 5) is 9.72. The third-order valence-corrected chi connectivity index (χ3v) is 7.20. The van der Waals surface area contributed by atoms with E-state index in [-0.39, 0.29) is 6.23 Å². The van der Waals surface area contributed by atoms with Crippen LogP contribution in [-0.2, 0) is 6.42 Å². The number of piperidine rings is 1. The molecule has 2 aliphatic heterocycles. The van der Waals surface area contributed by atoms with Crippen molar-refractivity contribution in [2.75, 3.05) is 31.6 Å². The Morgan fingerprint density at radius 2 is 1.86 bits per heavy atom. The van der Waals surface area contributed by atoms with Gasteiger partial charge in [0.2, 0.25) is 0 Å². The van der Waals surface area contributed by atoms with Gasteiger partial charge < -0.3 is 9.64 Å². The Labute approximate surface area is 170 Å². The molecule has 1 atom stereocenters. The van der Waals surface area contributed by atoms with E-state index in [9.17, 15) is 0 Å². The molecule has 0 radical (unpaired) electrons. The van der Waals surface area contributed by atoms with Crippen molar-refractivity contribution in [3.05, 3.63) is 54.1 Å². The second kappa shape index (κ2) is 7.72. The molecule has 5 heteroatoms. The van der Waals surface area contributed by atoms with Crippen LogP contribution in [-0.4, -0.2) is 42.8 Å². The third kappa shape index (κ3) is 3.61. The van der Waals surface area contributed by atoms with Crippen molar-refractivity contribution >= 4 is 26.7 Å². The van der Waals surface area contributed by atoms with E-state index in [0.717, 1.165) is 49.7 Å². The molecule has 2 aliphatic rings. The highest BCUT2D eigenvalue weighted by Gasteiger charge is 2.27. The zero-order chi connectivity index (χ0) is 18.9. The van der Waals surface area contributed by atoms with Crippen molar-refractivity contribution in [2.45, 2.75) is 31.9 Å². The number of ether oxygens (including phenoxy) is 1. The molecular formula is C23H27N3OS. The van der Waals surface area contributed by atoms with Gasteiger partial charge in [-0.2, -0.15) is 0 Å². The van der Waals surface area contributed by atoms with Crippen LogP contribution in [0.5, 0.6) is 5.75 Å². The topological polar surface area (TPSA) is 28.6 Å². The fourth-order valence-electron chi connectivity index (χ4n) is 4.45. The van der Waals surface area contributed by atoms with E-state index >= 15 is 0 Å². The summed E-state index contributed by atoms with van der Waals surface area (Å²) in [6.45, 7) is 3.32. The lowest BCUT2D eigenvalue weighted by molar-refractivity contribution is 0.0160. The van der Waals surface area contributed by atoms with Crippen molar-refractivity contribution in [2.24, 2.45) is 5.92 Å². The van der Waals surface area contributed by atoms with Crippen LogP contribution in [0, 0.1) is 5.92 Å². The van der Waals surface area contributed by atoms with Crippen LogP contribution < -0.4 is 9.64 Å². The van der Waals surface area contributed by atoms with Crippen LogP contribution >= 0.6 is 11.3 Å². The lowest BCUT2D eigenvalue weighted by Gasteiger charge is -2.37. The molecule has 28 heavy (non-hydrogen) atoms. The maximum atomic E-state index is 6.27. The van der Waals surface area contributed by atoms with Crippen molar-refractivity contribution in [1.82, 2.24) is 9.88 Å². The first kappa shape index (κ1) is 18.0. The van der Waals surface area contributed by atoms with Crippen molar-refractivity contribution in [1.29, 1.82) is 0 Å². The molecule has 0 bridgehead atoms. The van der Waals surface area contributed by atoms with E-state index in [4.69, 9.17) is 9.72 Å². The molecular weight excluding hydrogens is 366 g/mol. The highest BCUT2D eigenvalue weighted by atomic mass is 32.1. The highest BCUT2D eigenvalue weighted by Crippen LogP contribution is 2.32. The summed E-state index contributed by atoms with van der Waals surface area (Å²) in [5, 5.41) is 1.18. The van der Waals surface area contributed by atoms with Gasteiger partial charge in [-0.05, 0) is 56.0 Å². The maximum absolute atomic E-state index is 6.27. The number of hydrogen-bond acceptors (Lipinski definition) is 5. The predicted octanol–water partition coefficient (Wildman–Crippen LogP) is 4.80. The first-order chi connectivity index (χ1) is 13.8. The van der Waals surface area contributed by atoms with Gasteiger partial charge in [0.25, 0.3) is 0 Å². The number of thiazole rings is 1. The number of fused-ring (bicyclic) bond motifs is 2. The quantitative estimate of drug-likeness (QED) is 0.637. The average molecular weight is 394 g/mol. The Bertz CT molecular complexity index is 915. The second-order valence-corrected chi connectivity index (χ2v) is 9.06. The summed E-state index contributed by atoms with van der Waals surface area (Å²) in [6, 6.07) is 16.9. The standard InChI is InChI=1S/C23H27N3OS/c1-25(22-11-10-18-6-2-4-8-20(18)27-22)16-17-12-14-26(15-13-17)23-24-19-7-3-5-9-21(19)28-23/h2-9,17,22H,10-16H2,1H3. The number of aromatic nitrogens is 1. The molecule has 2 aromatic carbocycles. The van der Waals surface area contributed by atoms with E-state index in [2.05, 4.69) is 65.4 Å². The lowest BCUT2D eigenvalue weighted by Crippen LogP contribution is -2.44. The Morgan fingerprint density at radius 1 is 1.07 bits per heavy atom. The van der Waals surface area contributed by atoms with E-state index in [1.165, 1.54) is 28.2 Å². The summed E-state index contributed by atoms with van der Waals surface area (Å²) in [6.07, 6.45) is 4.85. The van der Waals surface area contributed by atoms with E-state index in [1.54, 1.807) is 0 Å². The molecule has 3 heterocycles. The number of nitrogens with zero attached hydrogens (tertiary/aromatic N) is 3. The number of benzene rings is 2. The van der Waals surface area contributed by atoms with Gasteiger partial charge in [0, 0.05) is 26.1 Å². The molecule has 3 aromatic rings. The van der Waals surface area contributed by atoms with Crippen molar-refractivity contribution in [3.63, 3.8) is 0 Å². The van der Waals surface area contributed by atoms with E-state index in [1.807, 2.05) is 11.3 Å². The van der Waals surface area contributed by atoms with Crippen LogP contribution in [0.4, 0.5) is 5.13 Å². The Balaban J connectivity index is 1.16. The number of anilines is 1. The Morgan fingerprint density at radius 3 is 2.71 bits per heavy atom. The summed E-state index contributed by atoms with van der Waals surface area (Å²) in [5.41, 5.74) is 2.47. The monoisotopic (exact) mass is 393 g/mol. The fraction of sp³-hybridized carbons (Fsp3) is 0.435. The highest BCUT2D eigenvalue weighted by molar-refractivity contribution is 7.22. The predicted molar refractivity (Wildman–Crippen MR) is 116 cm³/mol. The first-order valence-electron chi connectivity index (χ1n) is 10.3. The van der Waals surface area contributed by atoms with Crippen LogP contribution in [0.15, 0.2) is 48.5 Å². The van der Waals surface area contributed by atoms with E-state index in [0.29, 0.717) is 0 Å². The molecule has 4 nitrogen and oxygen atoms in total. The normalized spacial score (nSPS) is 20.4. The third-order valence-electron chi connectivity index (χ3n) is 6.10. The van der Waals surface area contributed by atoms with Gasteiger partial charge in [0.15, 0.2) is 11.4 Å². The molecule has 0 amide bonds. The molecule has 1 aromatic heterocycles. The van der Waals surface area contributed by atoms with Crippen LogP contribution in [0.25, 0.3) is 10.2 Å². The molecule has 0 aliphatic carbocycles. The molecule has 5 rings (SSSR count). The molecule has 0 N–H and O–H groups in total. The van der Waals surface area contributed by atoms with Crippen LogP contribution in [0.1, 0.15) is 24.8 Å². The fourth-order valence-corrected chi connectivity index (χ4v) is 5.46. The second-order valence-electron chi connectivity index (χ2n) is 8.05. The van der Waals surface area contributed by atoms with Crippen LogP contribution in [0.2, 0.25) is 0 Å². The zero-order valence-electron chi connectivity index (χ0n) is 16.4. The smallest absolute Gasteiger partial charge is 0.186 e. The number of aryl methyl sites for hydroxylation is 1. The Hall–Kier alpha value is -2.11. The number of rotatable bonds is 4. The summed E-state index contributed by atoms with van der Waals surface area (Å²) in [5.74, 6) is 1.80. The van der Waals surface area contributed by atoms with Gasteiger partial charge in [-0.1, -0.05) is 41.7 Å². The molecule has 1 saturated heterocycles. The average Bonchev–Trinajstić information content (AvgIpc) is 3.18. The van der Waals surface area contributed by atoms with Gasteiger partial charge in [0.1, 0.15) is 5.75 Å². The molecule has 1 fully saturated rings. The minimum atomic E-state index is 0.206. The van der Waals surface area contributed by atoms with Gasteiger partial charge in [-0.15, -0.1) is 0 Å². The van der Waals surface area contributed by atoms with Gasteiger partial charge in [-0.25, -0.2) is 4.98 Å². The van der Waals surface area contributed by atoms with Crippen LogP contribution in [0.3, 0.4) is 0 Å². The SMILES string of the molecule is CN(CC1CCN(c2nc3ccccc3s2)CC1)C1CCc2ccccc2O1. The largest absolute Gasteiger partial charge is 0.475 e. The number of hydrogen-bond donors (Lipinski definition) is 0. The lowest BCUT2D eigenvalue weighted by atomic mass is 9.96. The van der Waals surface area contributed by atoms with Crippen molar-refractivity contribution in [3.8, 4) is 5.75 Å². The zero-order valence-corrected chi connectivity index (χ0v) is 17.2. The number of para-hydroxylation sites is 2. The van der Waals surface area contributed by atoms with Gasteiger partial charge >= 0.3 is 0 Å².